The van der Waals surface area contributed by atoms with Crippen LogP contribution in [0.2, 0.25) is 0 Å². The van der Waals surface area contributed by atoms with Crippen molar-refractivity contribution in [1.29, 1.82) is 0 Å². The van der Waals surface area contributed by atoms with E-state index in [2.05, 4.69) is 20.9 Å². The topological polar surface area (TPSA) is 22.1 Å². The van der Waals surface area contributed by atoms with Crippen molar-refractivity contribution >= 4 is 39.4 Å². The van der Waals surface area contributed by atoms with Gasteiger partial charge in [-0.1, -0.05) is 18.2 Å². The molecule has 0 fully saturated rings. The number of nitrogens with zero attached hydrogens (tertiary/aromatic N) is 1. The number of para-hydroxylation sites is 1. The average Bonchev–Trinajstić information content (AvgIpc) is 2.95. The van der Waals surface area contributed by atoms with E-state index in [0.717, 1.165) is 31.4 Å². The van der Waals surface area contributed by atoms with Gasteiger partial charge in [-0.15, -0.1) is 11.3 Å². The van der Waals surface area contributed by atoms with Crippen LogP contribution in [0.4, 0.5) is 4.39 Å². The highest BCUT2D eigenvalue weighted by Crippen LogP contribution is 2.34. The molecule has 1 aromatic heterocycles. The number of aromatic nitrogens is 1. The highest BCUT2D eigenvalue weighted by atomic mass is 79.9. The molecule has 2 nitrogen and oxygen atoms in total. The zero-order valence-electron chi connectivity index (χ0n) is 12.3. The fraction of sp³-hybridized carbons (Fsp3) is 0.0556. The van der Waals surface area contributed by atoms with Crippen LogP contribution in [-0.4, -0.2) is 12.1 Å². The number of methoxy groups -OCH3 is 1. The molecule has 3 aromatic rings. The molecule has 0 saturated carbocycles. The molecule has 0 atom stereocenters. The third kappa shape index (κ3) is 3.68. The van der Waals surface area contributed by atoms with Crippen molar-refractivity contribution in [3.05, 3.63) is 68.7 Å². The predicted molar refractivity (Wildman–Crippen MR) is 97.1 cm³/mol. The number of halogens is 2. The number of benzene rings is 2. The molecule has 0 spiro atoms. The minimum Gasteiger partial charge on any atom is -0.496 e. The Bertz CT molecular complexity index is 842. The summed E-state index contributed by atoms with van der Waals surface area (Å²) in [5, 5.41) is 0.863. The van der Waals surface area contributed by atoms with Gasteiger partial charge < -0.3 is 4.74 Å². The Balaban J connectivity index is 1.89. The number of hydrogen-bond acceptors (Lipinski definition) is 3. The molecular weight excluding hydrogens is 377 g/mol. The molecular formula is C18H13BrFNOS. The maximum Gasteiger partial charge on any atom is 0.126 e. The van der Waals surface area contributed by atoms with Gasteiger partial charge in [0.15, 0.2) is 0 Å². The summed E-state index contributed by atoms with van der Waals surface area (Å²) in [7, 11) is 1.65. The first-order valence-corrected chi connectivity index (χ1v) is 8.51. The predicted octanol–water partition coefficient (Wildman–Crippen LogP) is 5.89. The maximum absolute atomic E-state index is 13.0. The molecule has 5 heteroatoms. The van der Waals surface area contributed by atoms with Crippen LogP contribution in [0, 0.1) is 5.82 Å². The molecule has 116 valence electrons. The Morgan fingerprint density at radius 2 is 1.83 bits per heavy atom. The van der Waals surface area contributed by atoms with Gasteiger partial charge in [0.1, 0.15) is 16.6 Å². The second-order valence-corrected chi connectivity index (χ2v) is 7.11. The smallest absolute Gasteiger partial charge is 0.126 e. The van der Waals surface area contributed by atoms with Crippen molar-refractivity contribution < 1.29 is 9.13 Å². The highest BCUT2D eigenvalue weighted by Gasteiger charge is 2.10. The lowest BCUT2D eigenvalue weighted by molar-refractivity contribution is 0.414. The monoisotopic (exact) mass is 389 g/mol. The molecule has 0 aliphatic heterocycles. The van der Waals surface area contributed by atoms with Crippen LogP contribution < -0.4 is 4.74 Å². The van der Waals surface area contributed by atoms with E-state index < -0.39 is 0 Å². The van der Waals surface area contributed by atoms with Crippen molar-refractivity contribution in [1.82, 2.24) is 4.98 Å². The summed E-state index contributed by atoms with van der Waals surface area (Å²) in [6, 6.07) is 14.1. The van der Waals surface area contributed by atoms with Crippen LogP contribution in [0.1, 0.15) is 10.6 Å². The molecule has 23 heavy (non-hydrogen) atoms. The summed E-state index contributed by atoms with van der Waals surface area (Å²) in [5.74, 6) is 0.564. The molecule has 2 aromatic carbocycles. The molecule has 0 bridgehead atoms. The zero-order chi connectivity index (χ0) is 16.2. The summed E-state index contributed by atoms with van der Waals surface area (Å²) in [6.07, 6.45) is 3.92. The third-order valence-electron chi connectivity index (χ3n) is 3.26. The van der Waals surface area contributed by atoms with E-state index in [1.807, 2.05) is 36.4 Å². The zero-order valence-corrected chi connectivity index (χ0v) is 14.7. The lowest BCUT2D eigenvalue weighted by Gasteiger charge is -2.02. The third-order valence-corrected chi connectivity index (χ3v) is 4.93. The van der Waals surface area contributed by atoms with Gasteiger partial charge in [0.05, 0.1) is 16.6 Å². The molecule has 0 amide bonds. The van der Waals surface area contributed by atoms with Crippen LogP contribution in [0.25, 0.3) is 23.4 Å². The van der Waals surface area contributed by atoms with E-state index in [4.69, 9.17) is 4.74 Å². The highest BCUT2D eigenvalue weighted by molar-refractivity contribution is 9.11. The second kappa shape index (κ2) is 7.06. The molecule has 0 radical (unpaired) electrons. The molecule has 0 saturated heterocycles. The van der Waals surface area contributed by atoms with Crippen molar-refractivity contribution in [2.75, 3.05) is 7.11 Å². The van der Waals surface area contributed by atoms with Gasteiger partial charge in [-0.25, -0.2) is 9.37 Å². The van der Waals surface area contributed by atoms with E-state index in [0.29, 0.717) is 0 Å². The minimum atomic E-state index is -0.253. The summed E-state index contributed by atoms with van der Waals surface area (Å²) < 4.78 is 19.3. The number of ether oxygens (including phenoxy) is 1. The Hall–Kier alpha value is -1.98. The Labute approximate surface area is 146 Å². The standard InChI is InChI=1S/C18H13BrFNOS/c1-22-15-5-3-2-4-12(15)8-11-16-21-17(18(19)23-16)13-6-9-14(20)10-7-13/h2-11H,1H3. The molecule has 0 N–H and O–H groups in total. The van der Waals surface area contributed by atoms with Crippen molar-refractivity contribution in [3.8, 4) is 17.0 Å². The Morgan fingerprint density at radius 1 is 1.09 bits per heavy atom. The van der Waals surface area contributed by atoms with Crippen molar-refractivity contribution in [2.45, 2.75) is 0 Å². The Kier molecular flexibility index (Phi) is 4.88. The quantitative estimate of drug-likeness (QED) is 0.554. The van der Waals surface area contributed by atoms with Gasteiger partial charge in [-0.05, 0) is 58.4 Å². The van der Waals surface area contributed by atoms with Gasteiger partial charge in [-0.2, -0.15) is 0 Å². The van der Waals surface area contributed by atoms with E-state index in [1.54, 1.807) is 19.2 Å². The summed E-state index contributed by atoms with van der Waals surface area (Å²) in [5.41, 5.74) is 2.69. The van der Waals surface area contributed by atoms with Crippen LogP contribution in [-0.2, 0) is 0 Å². The van der Waals surface area contributed by atoms with Crippen LogP contribution in [0.15, 0.2) is 52.3 Å². The molecule has 0 unspecified atom stereocenters. The van der Waals surface area contributed by atoms with Crippen molar-refractivity contribution in [2.24, 2.45) is 0 Å². The first-order valence-electron chi connectivity index (χ1n) is 6.91. The van der Waals surface area contributed by atoms with E-state index in [1.165, 1.54) is 23.5 Å². The summed E-state index contributed by atoms with van der Waals surface area (Å²) in [6.45, 7) is 0. The largest absolute Gasteiger partial charge is 0.496 e. The lowest BCUT2D eigenvalue weighted by Crippen LogP contribution is -1.85. The molecule has 1 heterocycles. The normalized spacial score (nSPS) is 11.1. The summed E-state index contributed by atoms with van der Waals surface area (Å²) in [4.78, 5) is 4.60. The van der Waals surface area contributed by atoms with Crippen LogP contribution in [0.5, 0.6) is 5.75 Å². The Morgan fingerprint density at radius 3 is 2.57 bits per heavy atom. The molecule has 0 aliphatic carbocycles. The lowest BCUT2D eigenvalue weighted by atomic mass is 10.2. The fourth-order valence-corrected chi connectivity index (χ4v) is 3.67. The van der Waals surface area contributed by atoms with Gasteiger partial charge in [0, 0.05) is 11.1 Å². The SMILES string of the molecule is COc1ccccc1C=Cc1nc(-c2ccc(F)cc2)c(Br)s1. The number of hydrogen-bond donors (Lipinski definition) is 0. The van der Waals surface area contributed by atoms with Gasteiger partial charge in [-0.3, -0.25) is 0 Å². The fourth-order valence-electron chi connectivity index (χ4n) is 2.14. The average molecular weight is 390 g/mol. The molecule has 0 aliphatic rings. The van der Waals surface area contributed by atoms with E-state index in [9.17, 15) is 4.39 Å². The van der Waals surface area contributed by atoms with Gasteiger partial charge in [0.25, 0.3) is 0 Å². The van der Waals surface area contributed by atoms with Crippen molar-refractivity contribution in [3.63, 3.8) is 0 Å². The second-order valence-electron chi connectivity index (χ2n) is 4.76. The van der Waals surface area contributed by atoms with Crippen LogP contribution in [0.3, 0.4) is 0 Å². The van der Waals surface area contributed by atoms with E-state index >= 15 is 0 Å². The van der Waals surface area contributed by atoms with E-state index in [-0.39, 0.29) is 5.82 Å². The number of thiazole rings is 1. The van der Waals surface area contributed by atoms with Crippen LogP contribution >= 0.6 is 27.3 Å². The first kappa shape index (κ1) is 15.9. The maximum atomic E-state index is 13.0. The molecule has 3 rings (SSSR count). The van der Waals surface area contributed by atoms with Gasteiger partial charge in [0.2, 0.25) is 0 Å². The minimum absolute atomic E-state index is 0.253. The number of rotatable bonds is 4. The summed E-state index contributed by atoms with van der Waals surface area (Å²) >= 11 is 5.06. The van der Waals surface area contributed by atoms with Gasteiger partial charge >= 0.3 is 0 Å². The first-order chi connectivity index (χ1) is 11.2.